The van der Waals surface area contributed by atoms with E-state index < -0.39 is 10.0 Å². The molecule has 0 fully saturated rings. The zero-order valence-electron chi connectivity index (χ0n) is 18.3. The summed E-state index contributed by atoms with van der Waals surface area (Å²) < 4.78 is 35.8. The topological polar surface area (TPSA) is 92.3 Å². The molecule has 0 unspecified atom stereocenters. The molecule has 1 aromatic rings. The van der Waals surface area contributed by atoms with Gasteiger partial charge in [0.2, 0.25) is 10.0 Å². The Balaban J connectivity index is 2.65. The number of methoxy groups -OCH3 is 1. The maximum atomic E-state index is 11.8. The number of ether oxygens (including phenoxy) is 2. The van der Waals surface area contributed by atoms with Gasteiger partial charge in [-0.05, 0) is 38.8 Å². The molecule has 1 rings (SSSR count). The lowest BCUT2D eigenvalue weighted by Crippen LogP contribution is -2.39. The first-order chi connectivity index (χ1) is 13.8. The molecule has 2 N–H and O–H groups in total. The van der Waals surface area contributed by atoms with Gasteiger partial charge < -0.3 is 20.1 Å². The van der Waals surface area contributed by atoms with E-state index in [1.165, 1.54) is 4.31 Å². The van der Waals surface area contributed by atoms with Crippen molar-refractivity contribution in [3.05, 3.63) is 29.3 Å². The molecule has 0 amide bonds. The van der Waals surface area contributed by atoms with Crippen molar-refractivity contribution in [1.29, 1.82) is 0 Å². The number of hydrogen-bond donors (Lipinski definition) is 2. The summed E-state index contributed by atoms with van der Waals surface area (Å²) in [6, 6.07) is 6.07. The van der Waals surface area contributed by atoms with Gasteiger partial charge in [0.1, 0.15) is 12.4 Å². The summed E-state index contributed by atoms with van der Waals surface area (Å²) in [6.07, 6.45) is 0.691. The van der Waals surface area contributed by atoms with Crippen LogP contribution in [0.3, 0.4) is 0 Å². The van der Waals surface area contributed by atoms with E-state index >= 15 is 0 Å². The summed E-state index contributed by atoms with van der Waals surface area (Å²) in [4.78, 5) is 4.64. The average Bonchev–Trinajstić information content (AvgIpc) is 2.70. The van der Waals surface area contributed by atoms with Crippen molar-refractivity contribution in [2.75, 3.05) is 52.8 Å². The molecule has 0 aliphatic heterocycles. The van der Waals surface area contributed by atoms with Crippen molar-refractivity contribution >= 4 is 16.0 Å². The Labute approximate surface area is 175 Å². The Bertz CT molecular complexity index is 738. The van der Waals surface area contributed by atoms with E-state index in [4.69, 9.17) is 9.47 Å². The fourth-order valence-corrected chi connectivity index (χ4v) is 3.38. The zero-order valence-corrected chi connectivity index (χ0v) is 19.1. The number of sulfonamides is 1. The number of aliphatic imine (C=N–C) groups is 1. The number of guanidine groups is 1. The van der Waals surface area contributed by atoms with E-state index in [-0.39, 0.29) is 5.75 Å². The van der Waals surface area contributed by atoms with E-state index in [0.717, 1.165) is 23.4 Å². The van der Waals surface area contributed by atoms with Gasteiger partial charge in [-0.2, -0.15) is 0 Å². The van der Waals surface area contributed by atoms with Crippen LogP contribution < -0.4 is 15.4 Å². The summed E-state index contributed by atoms with van der Waals surface area (Å²) in [6.45, 7) is 9.01. The number of aryl methyl sites for hydroxylation is 1. The van der Waals surface area contributed by atoms with Gasteiger partial charge in [0.25, 0.3) is 0 Å². The summed E-state index contributed by atoms with van der Waals surface area (Å²) >= 11 is 0. The van der Waals surface area contributed by atoms with Crippen LogP contribution >= 0.6 is 0 Å². The SMILES string of the molecule is CCNC(=NCc1ccc(C)cc1OCCOC)NCCCN(C)S(=O)(=O)CC. The van der Waals surface area contributed by atoms with Crippen LogP contribution in [0.15, 0.2) is 23.2 Å². The number of rotatable bonds is 13. The standard InChI is InChI=1S/C20H36N4O4S/c1-6-21-20(22-11-8-12-24(4)29(25,26)7-2)23-16-18-10-9-17(3)15-19(18)28-14-13-27-5/h9-10,15H,6-8,11-14,16H2,1-5H3,(H2,21,22,23). The molecule has 166 valence electrons. The maximum absolute atomic E-state index is 11.8. The van der Waals surface area contributed by atoms with Crippen LogP contribution in [0, 0.1) is 6.92 Å². The molecule has 0 radical (unpaired) electrons. The molecule has 0 spiro atoms. The first kappa shape index (κ1) is 25.2. The highest BCUT2D eigenvalue weighted by molar-refractivity contribution is 7.89. The third-order valence-corrected chi connectivity index (χ3v) is 6.16. The summed E-state index contributed by atoms with van der Waals surface area (Å²) in [5, 5.41) is 6.47. The minimum Gasteiger partial charge on any atom is -0.491 e. The molecule has 0 aliphatic carbocycles. The molecule has 0 heterocycles. The first-order valence-corrected chi connectivity index (χ1v) is 11.6. The molecular formula is C20H36N4O4S. The van der Waals surface area contributed by atoms with Gasteiger partial charge in [0, 0.05) is 39.4 Å². The van der Waals surface area contributed by atoms with Crippen molar-refractivity contribution in [2.45, 2.75) is 33.7 Å². The molecule has 9 heteroatoms. The predicted molar refractivity (Wildman–Crippen MR) is 118 cm³/mol. The molecule has 8 nitrogen and oxygen atoms in total. The molecule has 0 aromatic heterocycles. The van der Waals surface area contributed by atoms with Crippen molar-refractivity contribution in [3.8, 4) is 5.75 Å². The Morgan fingerprint density at radius 2 is 1.97 bits per heavy atom. The third kappa shape index (κ3) is 9.47. The van der Waals surface area contributed by atoms with Gasteiger partial charge in [-0.3, -0.25) is 0 Å². The second kappa shape index (κ2) is 13.4. The van der Waals surface area contributed by atoms with Gasteiger partial charge in [-0.15, -0.1) is 0 Å². The largest absolute Gasteiger partial charge is 0.491 e. The van der Waals surface area contributed by atoms with Gasteiger partial charge in [0.15, 0.2) is 5.96 Å². The van der Waals surface area contributed by atoms with Gasteiger partial charge in [0.05, 0.1) is 18.9 Å². The molecular weight excluding hydrogens is 392 g/mol. The van der Waals surface area contributed by atoms with Crippen molar-refractivity contribution in [2.24, 2.45) is 4.99 Å². The normalized spacial score (nSPS) is 12.3. The Morgan fingerprint density at radius 1 is 1.21 bits per heavy atom. The van der Waals surface area contributed by atoms with E-state index in [0.29, 0.717) is 45.2 Å². The Morgan fingerprint density at radius 3 is 2.62 bits per heavy atom. The first-order valence-electron chi connectivity index (χ1n) is 10.0. The molecule has 0 saturated carbocycles. The fourth-order valence-electron chi connectivity index (χ4n) is 2.54. The van der Waals surface area contributed by atoms with Gasteiger partial charge in [-0.25, -0.2) is 17.7 Å². The van der Waals surface area contributed by atoms with Crippen molar-refractivity contribution in [3.63, 3.8) is 0 Å². The summed E-state index contributed by atoms with van der Waals surface area (Å²) in [5.41, 5.74) is 2.12. The summed E-state index contributed by atoms with van der Waals surface area (Å²) in [5.74, 6) is 1.62. The average molecular weight is 429 g/mol. The van der Waals surface area contributed by atoms with E-state index in [1.807, 2.05) is 32.0 Å². The van der Waals surface area contributed by atoms with E-state index in [1.54, 1.807) is 21.1 Å². The molecule has 0 atom stereocenters. The lowest BCUT2D eigenvalue weighted by atomic mass is 10.1. The van der Waals surface area contributed by atoms with Crippen LogP contribution in [0.4, 0.5) is 0 Å². The van der Waals surface area contributed by atoms with E-state index in [9.17, 15) is 8.42 Å². The highest BCUT2D eigenvalue weighted by atomic mass is 32.2. The molecule has 29 heavy (non-hydrogen) atoms. The minimum absolute atomic E-state index is 0.117. The molecule has 0 saturated heterocycles. The lowest BCUT2D eigenvalue weighted by molar-refractivity contribution is 0.145. The monoisotopic (exact) mass is 428 g/mol. The summed E-state index contributed by atoms with van der Waals surface area (Å²) in [7, 11) is 0.123. The lowest BCUT2D eigenvalue weighted by Gasteiger charge is -2.17. The second-order valence-electron chi connectivity index (χ2n) is 6.65. The highest BCUT2D eigenvalue weighted by Crippen LogP contribution is 2.21. The maximum Gasteiger partial charge on any atom is 0.213 e. The second-order valence-corrected chi connectivity index (χ2v) is 9.01. The predicted octanol–water partition coefficient (Wildman–Crippen LogP) is 1.75. The van der Waals surface area contributed by atoms with Crippen LogP contribution in [0.2, 0.25) is 0 Å². The van der Waals surface area contributed by atoms with E-state index in [2.05, 4.69) is 15.6 Å². The molecule has 0 aliphatic rings. The van der Waals surface area contributed by atoms with Crippen LogP contribution in [0.25, 0.3) is 0 Å². The fraction of sp³-hybridized carbons (Fsp3) is 0.650. The van der Waals surface area contributed by atoms with Crippen LogP contribution in [-0.4, -0.2) is 71.4 Å². The van der Waals surface area contributed by atoms with Gasteiger partial charge in [-0.1, -0.05) is 12.1 Å². The van der Waals surface area contributed by atoms with Crippen LogP contribution in [0.1, 0.15) is 31.4 Å². The Hall–Kier alpha value is -1.84. The minimum atomic E-state index is -3.14. The van der Waals surface area contributed by atoms with Gasteiger partial charge >= 0.3 is 0 Å². The number of hydrogen-bond acceptors (Lipinski definition) is 5. The number of nitrogens with zero attached hydrogens (tertiary/aromatic N) is 2. The molecule has 1 aromatic carbocycles. The number of benzene rings is 1. The Kier molecular flexibility index (Phi) is 11.6. The third-order valence-electron chi connectivity index (χ3n) is 4.30. The zero-order chi connectivity index (χ0) is 21.7. The quantitative estimate of drug-likeness (QED) is 0.283. The highest BCUT2D eigenvalue weighted by Gasteiger charge is 2.14. The number of nitrogens with one attached hydrogen (secondary N) is 2. The van der Waals surface area contributed by atoms with Crippen LogP contribution in [-0.2, 0) is 21.3 Å². The van der Waals surface area contributed by atoms with Crippen LogP contribution in [0.5, 0.6) is 5.75 Å². The van der Waals surface area contributed by atoms with Crippen molar-refractivity contribution in [1.82, 2.24) is 14.9 Å². The van der Waals surface area contributed by atoms with Crippen molar-refractivity contribution < 1.29 is 17.9 Å². The molecule has 0 bridgehead atoms. The smallest absolute Gasteiger partial charge is 0.213 e.